The van der Waals surface area contributed by atoms with E-state index < -0.39 is 0 Å². The lowest BCUT2D eigenvalue weighted by atomic mass is 9.96. The van der Waals surface area contributed by atoms with Crippen LogP contribution in [0.5, 0.6) is 0 Å². The van der Waals surface area contributed by atoms with E-state index in [1.807, 2.05) is 0 Å². The van der Waals surface area contributed by atoms with Crippen molar-refractivity contribution in [2.24, 2.45) is 0 Å². The zero-order valence-corrected chi connectivity index (χ0v) is 12.8. The molecule has 0 atom stereocenters. The standard InChI is InChI=1S/C16H20FN3S/c17-12-6-7-15(18)16(10-12)21-11-13-8-9-20(19-13)14-4-2-1-3-5-14/h6-10,14H,1-5,11,18H2. The van der Waals surface area contributed by atoms with Crippen molar-refractivity contribution < 1.29 is 4.39 Å². The van der Waals surface area contributed by atoms with Gasteiger partial charge >= 0.3 is 0 Å². The monoisotopic (exact) mass is 305 g/mol. The van der Waals surface area contributed by atoms with Crippen molar-refractivity contribution in [3.8, 4) is 0 Å². The number of aromatic nitrogens is 2. The summed E-state index contributed by atoms with van der Waals surface area (Å²) in [6.45, 7) is 0. The molecule has 1 aliphatic carbocycles. The summed E-state index contributed by atoms with van der Waals surface area (Å²) in [6.07, 6.45) is 8.47. The first-order chi connectivity index (χ1) is 10.2. The van der Waals surface area contributed by atoms with Crippen LogP contribution in [-0.2, 0) is 5.75 Å². The van der Waals surface area contributed by atoms with Crippen molar-refractivity contribution >= 4 is 17.4 Å². The summed E-state index contributed by atoms with van der Waals surface area (Å²) < 4.78 is 15.3. The van der Waals surface area contributed by atoms with Crippen molar-refractivity contribution in [2.75, 3.05) is 5.73 Å². The molecule has 3 nitrogen and oxygen atoms in total. The first kappa shape index (κ1) is 14.4. The van der Waals surface area contributed by atoms with E-state index in [1.54, 1.807) is 6.07 Å². The van der Waals surface area contributed by atoms with Gasteiger partial charge in [-0.3, -0.25) is 4.68 Å². The lowest BCUT2D eigenvalue weighted by Crippen LogP contribution is -2.13. The number of nitrogens with two attached hydrogens (primary N) is 1. The van der Waals surface area contributed by atoms with Crippen LogP contribution in [0.4, 0.5) is 10.1 Å². The summed E-state index contributed by atoms with van der Waals surface area (Å²) >= 11 is 1.53. The second kappa shape index (κ2) is 6.52. The first-order valence-corrected chi connectivity index (χ1v) is 8.43. The van der Waals surface area contributed by atoms with Gasteiger partial charge in [-0.1, -0.05) is 19.3 Å². The Labute approximate surface area is 128 Å². The van der Waals surface area contributed by atoms with Crippen molar-refractivity contribution in [1.29, 1.82) is 0 Å². The smallest absolute Gasteiger partial charge is 0.124 e. The third kappa shape index (κ3) is 3.59. The van der Waals surface area contributed by atoms with Crippen molar-refractivity contribution in [1.82, 2.24) is 9.78 Å². The molecule has 1 heterocycles. The van der Waals surface area contributed by atoms with E-state index in [0.29, 0.717) is 17.5 Å². The molecule has 0 amide bonds. The van der Waals surface area contributed by atoms with Gasteiger partial charge in [-0.15, -0.1) is 11.8 Å². The molecule has 0 saturated heterocycles. The minimum atomic E-state index is -0.251. The molecule has 0 radical (unpaired) electrons. The summed E-state index contributed by atoms with van der Waals surface area (Å²) in [7, 11) is 0. The van der Waals surface area contributed by atoms with Gasteiger partial charge < -0.3 is 5.73 Å². The molecule has 0 unspecified atom stereocenters. The highest BCUT2D eigenvalue weighted by molar-refractivity contribution is 7.98. The van der Waals surface area contributed by atoms with Gasteiger partial charge in [0, 0.05) is 22.5 Å². The molecule has 1 aromatic carbocycles. The number of nitrogens with zero attached hydrogens (tertiary/aromatic N) is 2. The molecular formula is C16H20FN3S. The van der Waals surface area contributed by atoms with E-state index in [9.17, 15) is 4.39 Å². The molecule has 0 spiro atoms. The topological polar surface area (TPSA) is 43.8 Å². The number of rotatable bonds is 4. The Morgan fingerprint density at radius 3 is 2.86 bits per heavy atom. The number of hydrogen-bond acceptors (Lipinski definition) is 3. The van der Waals surface area contributed by atoms with Crippen LogP contribution in [-0.4, -0.2) is 9.78 Å². The second-order valence-electron chi connectivity index (χ2n) is 5.55. The third-order valence-electron chi connectivity index (χ3n) is 3.96. The van der Waals surface area contributed by atoms with Crippen LogP contribution in [0.1, 0.15) is 43.8 Å². The van der Waals surface area contributed by atoms with E-state index in [-0.39, 0.29) is 5.82 Å². The zero-order valence-electron chi connectivity index (χ0n) is 12.0. The molecule has 1 saturated carbocycles. The van der Waals surface area contributed by atoms with Crippen LogP contribution in [0.3, 0.4) is 0 Å². The van der Waals surface area contributed by atoms with E-state index in [4.69, 9.17) is 5.73 Å². The van der Waals surface area contributed by atoms with E-state index in [0.717, 1.165) is 10.6 Å². The molecule has 2 aromatic rings. The first-order valence-electron chi connectivity index (χ1n) is 7.44. The quantitative estimate of drug-likeness (QED) is 0.672. The summed E-state index contributed by atoms with van der Waals surface area (Å²) in [5.74, 6) is 0.465. The van der Waals surface area contributed by atoms with Crippen LogP contribution in [0, 0.1) is 5.82 Å². The van der Waals surface area contributed by atoms with Gasteiger partial charge in [-0.05, 0) is 37.1 Å². The molecule has 1 aromatic heterocycles. The molecule has 0 aliphatic heterocycles. The van der Waals surface area contributed by atoms with Gasteiger partial charge in [0.15, 0.2) is 0 Å². The Kier molecular flexibility index (Phi) is 4.48. The van der Waals surface area contributed by atoms with E-state index >= 15 is 0 Å². The largest absolute Gasteiger partial charge is 0.398 e. The van der Waals surface area contributed by atoms with E-state index in [2.05, 4.69) is 22.0 Å². The molecule has 1 aliphatic rings. The lowest BCUT2D eigenvalue weighted by Gasteiger charge is -2.21. The Morgan fingerprint density at radius 2 is 2.05 bits per heavy atom. The maximum Gasteiger partial charge on any atom is 0.124 e. The van der Waals surface area contributed by atoms with Gasteiger partial charge in [0.1, 0.15) is 5.82 Å². The molecule has 112 valence electrons. The maximum absolute atomic E-state index is 13.2. The van der Waals surface area contributed by atoms with Crippen molar-refractivity contribution in [3.05, 3.63) is 42.0 Å². The summed E-state index contributed by atoms with van der Waals surface area (Å²) in [4.78, 5) is 0.780. The molecule has 21 heavy (non-hydrogen) atoms. The molecule has 2 N–H and O–H groups in total. The van der Waals surface area contributed by atoms with Gasteiger partial charge in [0.05, 0.1) is 11.7 Å². The normalized spacial score (nSPS) is 16.2. The number of nitrogen functional groups attached to an aromatic ring is 1. The molecule has 5 heteroatoms. The van der Waals surface area contributed by atoms with Crippen LogP contribution >= 0.6 is 11.8 Å². The average Bonchev–Trinajstić information content (AvgIpc) is 2.98. The molecule has 3 rings (SSSR count). The van der Waals surface area contributed by atoms with Crippen LogP contribution in [0.25, 0.3) is 0 Å². The number of anilines is 1. The average molecular weight is 305 g/mol. The fourth-order valence-corrected chi connectivity index (χ4v) is 3.68. The highest BCUT2D eigenvalue weighted by atomic mass is 32.2. The Balaban J connectivity index is 1.63. The number of benzene rings is 1. The van der Waals surface area contributed by atoms with Crippen LogP contribution < -0.4 is 5.73 Å². The van der Waals surface area contributed by atoms with Gasteiger partial charge in [0.25, 0.3) is 0 Å². The van der Waals surface area contributed by atoms with Crippen LogP contribution in [0.15, 0.2) is 35.4 Å². The Hall–Kier alpha value is -1.49. The van der Waals surface area contributed by atoms with Crippen molar-refractivity contribution in [2.45, 2.75) is 48.8 Å². The molecular weight excluding hydrogens is 285 g/mol. The van der Waals surface area contributed by atoms with Gasteiger partial charge in [-0.2, -0.15) is 5.10 Å². The highest BCUT2D eigenvalue weighted by Gasteiger charge is 2.16. The van der Waals surface area contributed by atoms with Gasteiger partial charge in [-0.25, -0.2) is 4.39 Å². The minimum Gasteiger partial charge on any atom is -0.398 e. The van der Waals surface area contributed by atoms with E-state index in [1.165, 1.54) is 56.0 Å². The highest BCUT2D eigenvalue weighted by Crippen LogP contribution is 2.30. The molecule has 1 fully saturated rings. The predicted octanol–water partition coefficient (Wildman–Crippen LogP) is 4.40. The third-order valence-corrected chi connectivity index (χ3v) is 5.07. The maximum atomic E-state index is 13.2. The lowest BCUT2D eigenvalue weighted by molar-refractivity contribution is 0.328. The Bertz CT molecular complexity index is 605. The number of halogens is 1. The fourth-order valence-electron chi connectivity index (χ4n) is 2.79. The fraction of sp³-hybridized carbons (Fsp3) is 0.438. The molecule has 0 bridgehead atoms. The number of thioether (sulfide) groups is 1. The second-order valence-corrected chi connectivity index (χ2v) is 6.57. The number of hydrogen-bond donors (Lipinski definition) is 1. The van der Waals surface area contributed by atoms with Gasteiger partial charge in [0.2, 0.25) is 0 Å². The SMILES string of the molecule is Nc1ccc(F)cc1SCc1ccn(C2CCCCC2)n1. The predicted molar refractivity (Wildman–Crippen MR) is 84.7 cm³/mol. The summed E-state index contributed by atoms with van der Waals surface area (Å²) in [5.41, 5.74) is 7.50. The van der Waals surface area contributed by atoms with Crippen LogP contribution in [0.2, 0.25) is 0 Å². The minimum absolute atomic E-state index is 0.251. The Morgan fingerprint density at radius 1 is 1.24 bits per heavy atom. The van der Waals surface area contributed by atoms with Crippen molar-refractivity contribution in [3.63, 3.8) is 0 Å². The summed E-state index contributed by atoms with van der Waals surface area (Å²) in [6, 6.07) is 7.08. The summed E-state index contributed by atoms with van der Waals surface area (Å²) in [5, 5.41) is 4.66. The zero-order chi connectivity index (χ0) is 14.7.